The number of aromatic nitrogens is 1. The van der Waals surface area contributed by atoms with Crippen LogP contribution < -0.4 is 4.57 Å². The summed E-state index contributed by atoms with van der Waals surface area (Å²) in [7, 11) is 2.13. The number of aryl methyl sites for hydroxylation is 6. The third-order valence-corrected chi connectivity index (χ3v) is 6.05. The van der Waals surface area contributed by atoms with E-state index in [0.717, 1.165) is 0 Å². The Bertz CT molecular complexity index is 1210. The second-order valence-corrected chi connectivity index (χ2v) is 8.53. The molecule has 150 valence electrons. The highest BCUT2D eigenvalue weighted by molar-refractivity contribution is 5.78. The first kappa shape index (κ1) is 20.1. The molecule has 0 saturated heterocycles. The predicted octanol–water partition coefficient (Wildman–Crippen LogP) is 7.05. The van der Waals surface area contributed by atoms with E-state index >= 15 is 0 Å². The molecule has 1 heteroatoms. The summed E-state index contributed by atoms with van der Waals surface area (Å²) in [5.74, 6) is 0. The largest absolute Gasteiger partial charge is 0.213 e. The van der Waals surface area contributed by atoms with Crippen LogP contribution in [0, 0.1) is 34.6 Å². The van der Waals surface area contributed by atoms with Crippen LogP contribution in [0.1, 0.15) is 27.8 Å². The first-order valence-electron chi connectivity index (χ1n) is 10.6. The van der Waals surface area contributed by atoms with Crippen molar-refractivity contribution < 1.29 is 4.57 Å². The van der Waals surface area contributed by atoms with Gasteiger partial charge in [-0.15, -0.1) is 0 Å². The molecule has 4 aromatic rings. The van der Waals surface area contributed by atoms with Gasteiger partial charge in [0.1, 0.15) is 7.05 Å². The molecule has 0 bridgehead atoms. The summed E-state index contributed by atoms with van der Waals surface area (Å²) in [5, 5.41) is 0. The van der Waals surface area contributed by atoms with Crippen LogP contribution in [0.15, 0.2) is 72.9 Å². The van der Waals surface area contributed by atoms with Crippen molar-refractivity contribution in [3.05, 3.63) is 101 Å². The smallest absolute Gasteiger partial charge is 0.201 e. The molecule has 3 aromatic carbocycles. The second kappa shape index (κ2) is 7.91. The number of nitrogens with zero attached hydrogens (tertiary/aromatic N) is 1. The van der Waals surface area contributed by atoms with Gasteiger partial charge in [0.15, 0.2) is 6.20 Å². The predicted molar refractivity (Wildman–Crippen MR) is 128 cm³/mol. The molecule has 0 unspecified atom stereocenters. The van der Waals surface area contributed by atoms with E-state index in [-0.39, 0.29) is 0 Å². The maximum Gasteiger partial charge on any atom is 0.213 e. The highest BCUT2D eigenvalue weighted by Gasteiger charge is 2.18. The van der Waals surface area contributed by atoms with Gasteiger partial charge in [-0.2, -0.15) is 0 Å². The lowest BCUT2D eigenvalue weighted by Gasteiger charge is -2.14. The van der Waals surface area contributed by atoms with Crippen molar-refractivity contribution in [1.29, 1.82) is 0 Å². The maximum atomic E-state index is 2.36. The Hall–Kier alpha value is -3.19. The molecule has 0 radical (unpaired) electrons. The Morgan fingerprint density at radius 3 is 1.87 bits per heavy atom. The third kappa shape index (κ3) is 3.68. The zero-order chi connectivity index (χ0) is 21.4. The summed E-state index contributed by atoms with van der Waals surface area (Å²) >= 11 is 0. The number of benzene rings is 3. The van der Waals surface area contributed by atoms with Gasteiger partial charge in [-0.3, -0.25) is 0 Å². The van der Waals surface area contributed by atoms with Crippen molar-refractivity contribution >= 4 is 0 Å². The molecule has 0 fully saturated rings. The lowest BCUT2D eigenvalue weighted by Crippen LogP contribution is -2.30. The fourth-order valence-corrected chi connectivity index (χ4v) is 4.69. The minimum Gasteiger partial charge on any atom is -0.201 e. The minimum absolute atomic E-state index is 1.24. The molecule has 1 nitrogen and oxygen atoms in total. The van der Waals surface area contributed by atoms with Gasteiger partial charge in [0.25, 0.3) is 0 Å². The number of rotatable bonds is 3. The molecule has 30 heavy (non-hydrogen) atoms. The van der Waals surface area contributed by atoms with E-state index in [1.165, 1.54) is 61.3 Å². The van der Waals surface area contributed by atoms with E-state index in [1.54, 1.807) is 0 Å². The van der Waals surface area contributed by atoms with E-state index in [4.69, 9.17) is 0 Å². The number of hydrogen-bond acceptors (Lipinski definition) is 0. The quantitative estimate of drug-likeness (QED) is 0.329. The molecule has 1 aromatic heterocycles. The van der Waals surface area contributed by atoms with Gasteiger partial charge in [-0.25, -0.2) is 4.57 Å². The van der Waals surface area contributed by atoms with Crippen LogP contribution in [0.3, 0.4) is 0 Å². The Labute approximate surface area is 180 Å². The van der Waals surface area contributed by atoms with Crippen LogP contribution in [0.2, 0.25) is 0 Å². The van der Waals surface area contributed by atoms with Crippen LogP contribution in [-0.4, -0.2) is 0 Å². The fraction of sp³-hybridized carbons (Fsp3) is 0.207. The van der Waals surface area contributed by atoms with Crippen LogP contribution in [0.25, 0.3) is 33.5 Å². The molecule has 0 N–H and O–H groups in total. The fourth-order valence-electron chi connectivity index (χ4n) is 4.69. The van der Waals surface area contributed by atoms with Gasteiger partial charge in [0.05, 0.1) is 0 Å². The van der Waals surface area contributed by atoms with E-state index < -0.39 is 0 Å². The highest BCUT2D eigenvalue weighted by Crippen LogP contribution is 2.34. The molecule has 0 saturated carbocycles. The topological polar surface area (TPSA) is 3.88 Å². The second-order valence-electron chi connectivity index (χ2n) is 8.53. The SMILES string of the molecule is Cc1cc(C)c(-c2cc[n+](C)c(-c3cc(-c4ccccc4)c(C)cc3C)c2)c(C)c1. The van der Waals surface area contributed by atoms with Gasteiger partial charge in [-0.05, 0) is 85.2 Å². The minimum atomic E-state index is 1.24. The maximum absolute atomic E-state index is 2.36. The summed E-state index contributed by atoms with van der Waals surface area (Å²) in [6.07, 6.45) is 2.19. The van der Waals surface area contributed by atoms with Gasteiger partial charge >= 0.3 is 0 Å². The van der Waals surface area contributed by atoms with Crippen molar-refractivity contribution in [2.45, 2.75) is 34.6 Å². The molecule has 0 aliphatic carbocycles. The monoisotopic (exact) mass is 392 g/mol. The Morgan fingerprint density at radius 1 is 0.567 bits per heavy atom. The molecule has 0 amide bonds. The Balaban J connectivity index is 1.91. The first-order chi connectivity index (χ1) is 14.3. The van der Waals surface area contributed by atoms with Crippen molar-refractivity contribution in [1.82, 2.24) is 0 Å². The molecule has 0 spiro atoms. The van der Waals surface area contributed by atoms with E-state index in [9.17, 15) is 0 Å². The van der Waals surface area contributed by atoms with Gasteiger partial charge in [-0.1, -0.05) is 54.1 Å². The number of hydrogen-bond donors (Lipinski definition) is 0. The van der Waals surface area contributed by atoms with Crippen LogP contribution >= 0.6 is 0 Å². The van der Waals surface area contributed by atoms with Gasteiger partial charge < -0.3 is 0 Å². The average molecular weight is 393 g/mol. The lowest BCUT2D eigenvalue weighted by molar-refractivity contribution is -0.660. The highest BCUT2D eigenvalue weighted by atomic mass is 14.9. The zero-order valence-corrected chi connectivity index (χ0v) is 18.9. The Morgan fingerprint density at radius 2 is 1.20 bits per heavy atom. The average Bonchev–Trinajstić information content (AvgIpc) is 2.69. The summed E-state index contributed by atoms with van der Waals surface area (Å²) in [5.41, 5.74) is 14.3. The van der Waals surface area contributed by atoms with Gasteiger partial charge in [0, 0.05) is 17.7 Å². The summed E-state index contributed by atoms with van der Waals surface area (Å²) < 4.78 is 2.23. The van der Waals surface area contributed by atoms with E-state index in [1.807, 2.05) is 0 Å². The van der Waals surface area contributed by atoms with Crippen LogP contribution in [0.4, 0.5) is 0 Å². The summed E-state index contributed by atoms with van der Waals surface area (Å²) in [6, 6.07) is 24.5. The molecule has 1 heterocycles. The Kier molecular flexibility index (Phi) is 5.30. The number of pyridine rings is 1. The van der Waals surface area contributed by atoms with Crippen LogP contribution in [-0.2, 0) is 7.05 Å². The molecule has 4 rings (SSSR count). The third-order valence-electron chi connectivity index (χ3n) is 6.05. The lowest BCUT2D eigenvalue weighted by atomic mass is 9.91. The first-order valence-corrected chi connectivity index (χ1v) is 10.6. The van der Waals surface area contributed by atoms with E-state index in [0.29, 0.717) is 0 Å². The molecule has 0 aliphatic rings. The summed E-state index contributed by atoms with van der Waals surface area (Å²) in [6.45, 7) is 11.0. The molecular weight excluding hydrogens is 362 g/mol. The normalized spacial score (nSPS) is 11.0. The van der Waals surface area contributed by atoms with E-state index in [2.05, 4.69) is 119 Å². The molecule has 0 atom stereocenters. The van der Waals surface area contributed by atoms with Crippen molar-refractivity contribution in [2.24, 2.45) is 7.05 Å². The molecular formula is C29H30N+. The summed E-state index contributed by atoms with van der Waals surface area (Å²) in [4.78, 5) is 0. The van der Waals surface area contributed by atoms with Crippen molar-refractivity contribution in [3.8, 4) is 33.5 Å². The van der Waals surface area contributed by atoms with Crippen molar-refractivity contribution in [3.63, 3.8) is 0 Å². The van der Waals surface area contributed by atoms with Crippen LogP contribution in [0.5, 0.6) is 0 Å². The van der Waals surface area contributed by atoms with Gasteiger partial charge in [0.2, 0.25) is 5.69 Å². The standard InChI is InChI=1S/C29H30N/c1-19-14-22(4)29(23(5)15-19)25-12-13-30(6)28(17-25)27-18-26(20(2)16-21(27)3)24-10-8-7-9-11-24/h7-18H,1-6H3/q+1. The zero-order valence-electron chi connectivity index (χ0n) is 18.9. The van der Waals surface area contributed by atoms with Crippen molar-refractivity contribution in [2.75, 3.05) is 0 Å². The molecule has 0 aliphatic heterocycles.